The second-order valence-electron chi connectivity index (χ2n) is 5.56. The van der Waals surface area contributed by atoms with Gasteiger partial charge in [0.25, 0.3) is 11.3 Å². The lowest BCUT2D eigenvalue weighted by Crippen LogP contribution is -2.34. The third-order valence-corrected chi connectivity index (χ3v) is 3.97. The summed E-state index contributed by atoms with van der Waals surface area (Å²) in [6, 6.07) is 14.5. The average Bonchev–Trinajstić information content (AvgIpc) is 2.63. The van der Waals surface area contributed by atoms with Crippen LogP contribution in [0.4, 0.5) is 13.2 Å². The van der Waals surface area contributed by atoms with Gasteiger partial charge in [-0.2, -0.15) is 13.2 Å². The molecule has 130 valence electrons. The van der Waals surface area contributed by atoms with Crippen LogP contribution in [-0.2, 0) is 6.54 Å². The lowest BCUT2D eigenvalue weighted by molar-refractivity contribution is -0.0885. The number of alkyl halides is 3. The van der Waals surface area contributed by atoms with Crippen molar-refractivity contribution in [1.29, 1.82) is 0 Å². The number of carbonyl (C=O) groups is 1. The van der Waals surface area contributed by atoms with Crippen LogP contribution < -0.4 is 5.56 Å². The van der Waals surface area contributed by atoms with Gasteiger partial charge in [-0.05, 0) is 11.6 Å². The fourth-order valence-electron chi connectivity index (χ4n) is 2.91. The number of benzene rings is 2. The number of aromatic nitrogens is 1. The van der Waals surface area contributed by atoms with E-state index in [1.165, 1.54) is 0 Å². The SMILES string of the molecule is C#CCn1c(=O)c(C(=O)C(F)(F)F)c(-c2ccccc2)c2ccccc21. The minimum Gasteiger partial charge on any atom is -0.296 e. The summed E-state index contributed by atoms with van der Waals surface area (Å²) >= 11 is 0. The van der Waals surface area contributed by atoms with E-state index in [9.17, 15) is 22.8 Å². The standard InChI is InChI=1S/C20H12F3NO2/c1-2-12-24-15-11-7-6-10-14(15)16(13-8-4-3-5-9-13)17(19(24)26)18(25)20(21,22)23/h1,3-11H,12H2. The van der Waals surface area contributed by atoms with Crippen LogP contribution in [0, 0.1) is 12.3 Å². The highest BCUT2D eigenvalue weighted by atomic mass is 19.4. The zero-order valence-corrected chi connectivity index (χ0v) is 13.4. The Hall–Kier alpha value is -3.33. The zero-order chi connectivity index (χ0) is 18.9. The lowest BCUT2D eigenvalue weighted by atomic mass is 9.93. The predicted molar refractivity (Wildman–Crippen MR) is 92.9 cm³/mol. The van der Waals surface area contributed by atoms with Crippen LogP contribution in [0.25, 0.3) is 22.0 Å². The molecular formula is C20H12F3NO2. The van der Waals surface area contributed by atoms with Crippen LogP contribution in [0.2, 0.25) is 0 Å². The molecule has 3 rings (SSSR count). The van der Waals surface area contributed by atoms with E-state index in [0.717, 1.165) is 4.57 Å². The van der Waals surface area contributed by atoms with Gasteiger partial charge in [-0.3, -0.25) is 14.2 Å². The van der Waals surface area contributed by atoms with Crippen LogP contribution in [0.15, 0.2) is 59.4 Å². The molecule has 0 aliphatic heterocycles. The molecule has 0 unspecified atom stereocenters. The summed E-state index contributed by atoms with van der Waals surface area (Å²) in [5.74, 6) is 0.0690. The molecular weight excluding hydrogens is 343 g/mol. The molecule has 26 heavy (non-hydrogen) atoms. The molecule has 0 spiro atoms. The number of hydrogen-bond donors (Lipinski definition) is 0. The Bertz CT molecular complexity index is 1090. The van der Waals surface area contributed by atoms with Crippen LogP contribution in [0.5, 0.6) is 0 Å². The summed E-state index contributed by atoms with van der Waals surface area (Å²) in [6.07, 6.45) is 0.0833. The van der Waals surface area contributed by atoms with Crippen molar-refractivity contribution in [3.8, 4) is 23.5 Å². The number of ketones is 1. The first-order valence-corrected chi connectivity index (χ1v) is 7.62. The van der Waals surface area contributed by atoms with Crippen molar-refractivity contribution in [3.05, 3.63) is 70.5 Å². The Labute approximate surface area is 146 Å². The lowest BCUT2D eigenvalue weighted by Gasteiger charge is -2.17. The van der Waals surface area contributed by atoms with Crippen molar-refractivity contribution < 1.29 is 18.0 Å². The van der Waals surface area contributed by atoms with Crippen molar-refractivity contribution in [2.75, 3.05) is 0 Å². The Kier molecular flexibility index (Phi) is 4.39. The van der Waals surface area contributed by atoms with E-state index in [1.54, 1.807) is 54.6 Å². The molecule has 2 aromatic carbocycles. The molecule has 6 heteroatoms. The molecule has 0 saturated carbocycles. The molecule has 0 radical (unpaired) electrons. The number of halogens is 3. The summed E-state index contributed by atoms with van der Waals surface area (Å²) in [6.45, 7) is -0.243. The van der Waals surface area contributed by atoms with Crippen molar-refractivity contribution in [3.63, 3.8) is 0 Å². The van der Waals surface area contributed by atoms with Crippen molar-refractivity contribution >= 4 is 16.7 Å². The number of para-hydroxylation sites is 1. The molecule has 0 bridgehead atoms. The van der Waals surface area contributed by atoms with Crippen LogP contribution in [-0.4, -0.2) is 16.5 Å². The van der Waals surface area contributed by atoms with Crippen molar-refractivity contribution in [2.24, 2.45) is 0 Å². The largest absolute Gasteiger partial charge is 0.455 e. The molecule has 0 atom stereocenters. The van der Waals surface area contributed by atoms with Crippen molar-refractivity contribution in [1.82, 2.24) is 4.57 Å². The first-order valence-electron chi connectivity index (χ1n) is 7.62. The highest BCUT2D eigenvalue weighted by Gasteiger charge is 2.43. The maximum Gasteiger partial charge on any atom is 0.455 e. The van der Waals surface area contributed by atoms with Gasteiger partial charge in [0.2, 0.25) is 0 Å². The van der Waals surface area contributed by atoms with E-state index < -0.39 is 23.1 Å². The molecule has 0 aliphatic rings. The van der Waals surface area contributed by atoms with Gasteiger partial charge in [-0.1, -0.05) is 54.5 Å². The third-order valence-electron chi connectivity index (χ3n) is 3.97. The van der Waals surface area contributed by atoms with Gasteiger partial charge in [-0.15, -0.1) is 6.42 Å². The van der Waals surface area contributed by atoms with Crippen LogP contribution >= 0.6 is 0 Å². The number of rotatable bonds is 3. The monoisotopic (exact) mass is 355 g/mol. The van der Waals surface area contributed by atoms with Crippen LogP contribution in [0.3, 0.4) is 0 Å². The number of carbonyl (C=O) groups excluding carboxylic acids is 1. The Balaban J connectivity index is 2.55. The quantitative estimate of drug-likeness (QED) is 0.525. The zero-order valence-electron chi connectivity index (χ0n) is 13.4. The molecule has 3 aromatic rings. The first kappa shape index (κ1) is 17.5. The van der Waals surface area contributed by atoms with E-state index >= 15 is 0 Å². The number of Topliss-reactive ketones (excluding diaryl/α,β-unsaturated/α-hetero) is 1. The minimum absolute atomic E-state index is 0.0400. The summed E-state index contributed by atoms with van der Waals surface area (Å²) in [5.41, 5.74) is -1.29. The summed E-state index contributed by atoms with van der Waals surface area (Å²) in [7, 11) is 0. The smallest absolute Gasteiger partial charge is 0.296 e. The van der Waals surface area contributed by atoms with Gasteiger partial charge in [-0.25, -0.2) is 0 Å². The highest BCUT2D eigenvalue weighted by molar-refractivity contribution is 6.11. The number of terminal acetylenes is 1. The Morgan fingerprint density at radius 2 is 1.65 bits per heavy atom. The second-order valence-corrected chi connectivity index (χ2v) is 5.56. The topological polar surface area (TPSA) is 39.1 Å². The molecule has 1 aromatic heterocycles. The molecule has 0 amide bonds. The van der Waals surface area contributed by atoms with Gasteiger partial charge in [0.15, 0.2) is 0 Å². The fourth-order valence-corrected chi connectivity index (χ4v) is 2.91. The van der Waals surface area contributed by atoms with E-state index in [-0.39, 0.29) is 12.1 Å². The van der Waals surface area contributed by atoms with Gasteiger partial charge in [0.05, 0.1) is 12.1 Å². The van der Waals surface area contributed by atoms with Crippen molar-refractivity contribution in [2.45, 2.75) is 12.7 Å². The molecule has 0 aliphatic carbocycles. The normalized spacial score (nSPS) is 11.3. The van der Waals surface area contributed by atoms with Gasteiger partial charge >= 0.3 is 6.18 Å². The highest BCUT2D eigenvalue weighted by Crippen LogP contribution is 2.33. The average molecular weight is 355 g/mol. The van der Waals surface area contributed by atoms with Gasteiger partial charge in [0.1, 0.15) is 5.56 Å². The summed E-state index contributed by atoms with van der Waals surface area (Å²) < 4.78 is 40.6. The molecule has 3 nitrogen and oxygen atoms in total. The third kappa shape index (κ3) is 2.88. The molecule has 0 fully saturated rings. The molecule has 1 heterocycles. The molecule has 0 N–H and O–H groups in total. The number of hydrogen-bond acceptors (Lipinski definition) is 2. The number of pyridine rings is 1. The fraction of sp³-hybridized carbons (Fsp3) is 0.100. The van der Waals surface area contributed by atoms with Gasteiger partial charge < -0.3 is 0 Å². The summed E-state index contributed by atoms with van der Waals surface area (Å²) in [4.78, 5) is 24.9. The number of fused-ring (bicyclic) bond motifs is 1. The van der Waals surface area contributed by atoms with Gasteiger partial charge in [0, 0.05) is 10.9 Å². The minimum atomic E-state index is -5.18. The van der Waals surface area contributed by atoms with E-state index in [0.29, 0.717) is 16.5 Å². The maximum atomic E-state index is 13.2. The van der Waals surface area contributed by atoms with E-state index in [1.807, 2.05) is 0 Å². The maximum absolute atomic E-state index is 13.2. The Morgan fingerprint density at radius 1 is 1.04 bits per heavy atom. The number of nitrogens with zero attached hydrogens (tertiary/aromatic N) is 1. The summed E-state index contributed by atoms with van der Waals surface area (Å²) in [5, 5.41) is 0.348. The predicted octanol–water partition coefficient (Wildman–Crippen LogP) is 4.05. The van der Waals surface area contributed by atoms with Crippen LogP contribution in [0.1, 0.15) is 10.4 Å². The first-order chi connectivity index (χ1) is 12.4. The van der Waals surface area contributed by atoms with E-state index in [4.69, 9.17) is 6.42 Å². The van der Waals surface area contributed by atoms with E-state index in [2.05, 4.69) is 5.92 Å². The Morgan fingerprint density at radius 3 is 2.27 bits per heavy atom. The second kappa shape index (κ2) is 6.52. The molecule has 0 saturated heterocycles.